The lowest BCUT2D eigenvalue weighted by atomic mass is 9.97. The Balaban J connectivity index is 2.14. The average molecular weight is 264 g/mol. The standard InChI is InChI=1S/C13H20N4O2/c1-4-10-7-12(16(3)14-10)13(18)17-6-5-11(15-19)9(2)8-17/h7,9,19H,4-6,8H2,1-3H3/b15-11-. The van der Waals surface area contributed by atoms with Gasteiger partial charge in [0.05, 0.1) is 11.4 Å². The summed E-state index contributed by atoms with van der Waals surface area (Å²) in [6.07, 6.45) is 1.45. The monoisotopic (exact) mass is 264 g/mol. The molecule has 1 aliphatic rings. The Morgan fingerprint density at radius 1 is 1.63 bits per heavy atom. The van der Waals surface area contributed by atoms with Crippen LogP contribution in [0.5, 0.6) is 0 Å². The number of oxime groups is 1. The van der Waals surface area contributed by atoms with E-state index in [1.807, 2.05) is 19.9 Å². The molecule has 1 saturated heterocycles. The van der Waals surface area contributed by atoms with E-state index < -0.39 is 0 Å². The second-order valence-electron chi connectivity index (χ2n) is 4.99. The molecule has 1 unspecified atom stereocenters. The Hall–Kier alpha value is -1.85. The van der Waals surface area contributed by atoms with Gasteiger partial charge in [-0.25, -0.2) is 0 Å². The van der Waals surface area contributed by atoms with Crippen molar-refractivity contribution < 1.29 is 10.0 Å². The summed E-state index contributed by atoms with van der Waals surface area (Å²) in [5.41, 5.74) is 2.31. The van der Waals surface area contributed by atoms with Crippen molar-refractivity contribution in [3.63, 3.8) is 0 Å². The van der Waals surface area contributed by atoms with Crippen LogP contribution in [-0.2, 0) is 13.5 Å². The summed E-state index contributed by atoms with van der Waals surface area (Å²) in [6, 6.07) is 1.85. The number of hydrogen-bond donors (Lipinski definition) is 1. The molecule has 0 aliphatic carbocycles. The Morgan fingerprint density at radius 3 is 2.89 bits per heavy atom. The Kier molecular flexibility index (Phi) is 3.87. The van der Waals surface area contributed by atoms with Gasteiger partial charge < -0.3 is 10.1 Å². The summed E-state index contributed by atoms with van der Waals surface area (Å²) >= 11 is 0. The van der Waals surface area contributed by atoms with Crippen LogP contribution < -0.4 is 0 Å². The van der Waals surface area contributed by atoms with E-state index in [-0.39, 0.29) is 11.8 Å². The van der Waals surface area contributed by atoms with Crippen molar-refractivity contribution in [2.45, 2.75) is 26.7 Å². The Bertz CT molecular complexity index is 507. The molecule has 1 aromatic rings. The molecule has 1 amide bonds. The van der Waals surface area contributed by atoms with E-state index >= 15 is 0 Å². The molecule has 0 radical (unpaired) electrons. The first-order valence-electron chi connectivity index (χ1n) is 6.59. The molecule has 19 heavy (non-hydrogen) atoms. The van der Waals surface area contributed by atoms with E-state index in [1.54, 1.807) is 16.6 Å². The molecule has 0 spiro atoms. The maximum atomic E-state index is 12.5. The molecular weight excluding hydrogens is 244 g/mol. The van der Waals surface area contributed by atoms with Crippen molar-refractivity contribution in [2.24, 2.45) is 18.1 Å². The first kappa shape index (κ1) is 13.6. The zero-order chi connectivity index (χ0) is 14.0. The van der Waals surface area contributed by atoms with Gasteiger partial charge in [0.25, 0.3) is 5.91 Å². The Labute approximate surface area is 112 Å². The highest BCUT2D eigenvalue weighted by Gasteiger charge is 2.28. The van der Waals surface area contributed by atoms with Crippen LogP contribution in [0.3, 0.4) is 0 Å². The highest BCUT2D eigenvalue weighted by Crippen LogP contribution is 2.17. The van der Waals surface area contributed by atoms with Crippen LogP contribution >= 0.6 is 0 Å². The number of piperidine rings is 1. The highest BCUT2D eigenvalue weighted by molar-refractivity contribution is 5.95. The van der Waals surface area contributed by atoms with Crippen molar-refractivity contribution >= 4 is 11.6 Å². The zero-order valence-corrected chi connectivity index (χ0v) is 11.6. The SMILES string of the molecule is CCc1cc(C(=O)N2CC/C(=N/O)C(C)C2)n(C)n1. The van der Waals surface area contributed by atoms with Gasteiger partial charge in [0, 0.05) is 32.5 Å². The summed E-state index contributed by atoms with van der Waals surface area (Å²) in [4.78, 5) is 14.3. The fourth-order valence-electron chi connectivity index (χ4n) is 2.42. The first-order chi connectivity index (χ1) is 9.06. The molecule has 0 bridgehead atoms. The number of carbonyl (C=O) groups excluding carboxylic acids is 1. The van der Waals surface area contributed by atoms with Crippen molar-refractivity contribution in [1.29, 1.82) is 0 Å². The predicted octanol–water partition coefficient (Wildman–Crippen LogP) is 1.29. The van der Waals surface area contributed by atoms with Gasteiger partial charge in [-0.3, -0.25) is 9.48 Å². The summed E-state index contributed by atoms with van der Waals surface area (Å²) in [7, 11) is 1.79. The zero-order valence-electron chi connectivity index (χ0n) is 11.6. The minimum absolute atomic E-state index is 0.00135. The summed E-state index contributed by atoms with van der Waals surface area (Å²) in [6.45, 7) is 5.17. The molecular formula is C13H20N4O2. The lowest BCUT2D eigenvalue weighted by Gasteiger charge is -2.31. The van der Waals surface area contributed by atoms with Gasteiger partial charge in [-0.05, 0) is 12.5 Å². The second kappa shape index (κ2) is 5.42. The fraction of sp³-hybridized carbons (Fsp3) is 0.615. The Morgan fingerprint density at radius 2 is 2.37 bits per heavy atom. The number of carbonyl (C=O) groups is 1. The van der Waals surface area contributed by atoms with Gasteiger partial charge >= 0.3 is 0 Å². The van der Waals surface area contributed by atoms with E-state index in [4.69, 9.17) is 5.21 Å². The molecule has 2 heterocycles. The lowest BCUT2D eigenvalue weighted by molar-refractivity contribution is 0.0723. The van der Waals surface area contributed by atoms with Crippen LogP contribution in [0.4, 0.5) is 0 Å². The number of hydrogen-bond acceptors (Lipinski definition) is 4. The smallest absolute Gasteiger partial charge is 0.272 e. The lowest BCUT2D eigenvalue weighted by Crippen LogP contribution is -2.43. The molecule has 0 aromatic carbocycles. The van der Waals surface area contributed by atoms with Gasteiger partial charge in [0.2, 0.25) is 0 Å². The van der Waals surface area contributed by atoms with E-state index in [9.17, 15) is 4.79 Å². The molecule has 1 atom stereocenters. The van der Waals surface area contributed by atoms with Crippen LogP contribution in [0, 0.1) is 5.92 Å². The largest absolute Gasteiger partial charge is 0.411 e. The van der Waals surface area contributed by atoms with E-state index in [0.717, 1.165) is 17.8 Å². The first-order valence-corrected chi connectivity index (χ1v) is 6.59. The predicted molar refractivity (Wildman–Crippen MR) is 71.5 cm³/mol. The van der Waals surface area contributed by atoms with Crippen LogP contribution in [0.25, 0.3) is 0 Å². The molecule has 6 nitrogen and oxygen atoms in total. The highest BCUT2D eigenvalue weighted by atomic mass is 16.4. The molecule has 1 aliphatic heterocycles. The summed E-state index contributed by atoms with van der Waals surface area (Å²) < 4.78 is 1.64. The van der Waals surface area contributed by atoms with Gasteiger partial charge in [-0.2, -0.15) is 5.10 Å². The number of likely N-dealkylation sites (tertiary alicyclic amines) is 1. The number of aryl methyl sites for hydroxylation is 2. The molecule has 0 saturated carbocycles. The van der Waals surface area contributed by atoms with Crippen molar-refractivity contribution in [3.8, 4) is 0 Å². The van der Waals surface area contributed by atoms with Crippen LogP contribution in [-0.4, -0.2) is 44.6 Å². The maximum Gasteiger partial charge on any atom is 0.272 e. The average Bonchev–Trinajstić information content (AvgIpc) is 2.79. The number of amides is 1. The number of nitrogens with zero attached hydrogens (tertiary/aromatic N) is 4. The topological polar surface area (TPSA) is 70.7 Å². The normalized spacial score (nSPS) is 21.9. The van der Waals surface area contributed by atoms with E-state index in [2.05, 4.69) is 10.3 Å². The summed E-state index contributed by atoms with van der Waals surface area (Å²) in [5, 5.41) is 16.4. The van der Waals surface area contributed by atoms with Crippen molar-refractivity contribution in [2.75, 3.05) is 13.1 Å². The summed E-state index contributed by atoms with van der Waals surface area (Å²) in [5.74, 6) is 0.0973. The quantitative estimate of drug-likeness (QED) is 0.646. The molecule has 1 N–H and O–H groups in total. The van der Waals surface area contributed by atoms with Gasteiger partial charge in [0.15, 0.2) is 0 Å². The second-order valence-corrected chi connectivity index (χ2v) is 4.99. The third kappa shape index (κ3) is 2.62. The van der Waals surface area contributed by atoms with Gasteiger partial charge in [-0.15, -0.1) is 0 Å². The molecule has 1 aromatic heterocycles. The van der Waals surface area contributed by atoms with Gasteiger partial charge in [-0.1, -0.05) is 19.0 Å². The van der Waals surface area contributed by atoms with E-state index in [0.29, 0.717) is 25.2 Å². The number of aromatic nitrogens is 2. The molecule has 2 rings (SSSR count). The van der Waals surface area contributed by atoms with Crippen LogP contribution in [0.15, 0.2) is 11.2 Å². The molecule has 104 valence electrons. The van der Waals surface area contributed by atoms with Crippen LogP contribution in [0.2, 0.25) is 0 Å². The minimum atomic E-state index is -0.00135. The minimum Gasteiger partial charge on any atom is -0.411 e. The fourth-order valence-corrected chi connectivity index (χ4v) is 2.42. The maximum absolute atomic E-state index is 12.5. The third-order valence-corrected chi connectivity index (χ3v) is 3.63. The number of rotatable bonds is 2. The third-order valence-electron chi connectivity index (χ3n) is 3.63. The van der Waals surface area contributed by atoms with Crippen molar-refractivity contribution in [3.05, 3.63) is 17.5 Å². The molecule has 6 heteroatoms. The van der Waals surface area contributed by atoms with Crippen LogP contribution in [0.1, 0.15) is 36.5 Å². The van der Waals surface area contributed by atoms with Gasteiger partial charge in [0.1, 0.15) is 5.69 Å². The molecule has 1 fully saturated rings. The van der Waals surface area contributed by atoms with E-state index in [1.165, 1.54) is 0 Å². The van der Waals surface area contributed by atoms with Crippen molar-refractivity contribution in [1.82, 2.24) is 14.7 Å².